The first-order valence-corrected chi connectivity index (χ1v) is 9.49. The first-order chi connectivity index (χ1) is 13.0. The molecule has 0 radical (unpaired) electrons. The average molecular weight is 403 g/mol. The van der Waals surface area contributed by atoms with E-state index in [1.165, 1.54) is 0 Å². The molecule has 1 unspecified atom stereocenters. The Morgan fingerprint density at radius 1 is 1.00 bits per heavy atom. The molecule has 0 aromatic carbocycles. The van der Waals surface area contributed by atoms with Gasteiger partial charge >= 0.3 is 12.4 Å². The number of hydrogen-bond donors (Lipinski definition) is 0. The Balaban J connectivity index is 2.26. The number of halogens is 6. The second-order valence-corrected chi connectivity index (χ2v) is 7.53. The number of unbranched alkanes of at least 4 members (excludes halogenated alkanes) is 1. The molecule has 0 aromatic heterocycles. The first kappa shape index (κ1) is 20.8. The standard InChI is InChI=1S/C21H23F6N/c1-3-5-9-19(4-2)13-16-15(18-8-6-7-10-28(18)19)11-14(20(22,23)24)12-17(16)21(25,26)27/h6-8,10,12H,3-5,9,11,13H2,1-2H3. The van der Waals surface area contributed by atoms with E-state index < -0.39 is 35.5 Å². The Labute approximate surface area is 160 Å². The maximum atomic E-state index is 13.8. The maximum Gasteiger partial charge on any atom is 0.416 e. The molecule has 0 saturated heterocycles. The van der Waals surface area contributed by atoms with Gasteiger partial charge in [0.1, 0.15) is 0 Å². The third-order valence-electron chi connectivity index (χ3n) is 5.88. The van der Waals surface area contributed by atoms with Crippen molar-refractivity contribution in [3.05, 3.63) is 58.5 Å². The molecule has 0 saturated carbocycles. The highest BCUT2D eigenvalue weighted by Crippen LogP contribution is 2.52. The normalized spacial score (nSPS) is 25.1. The molecule has 28 heavy (non-hydrogen) atoms. The Morgan fingerprint density at radius 3 is 2.29 bits per heavy atom. The quantitative estimate of drug-likeness (QED) is 0.452. The molecule has 3 rings (SSSR count). The van der Waals surface area contributed by atoms with Gasteiger partial charge in [-0.3, -0.25) is 0 Å². The van der Waals surface area contributed by atoms with Gasteiger partial charge in [-0.15, -0.1) is 0 Å². The van der Waals surface area contributed by atoms with Crippen molar-refractivity contribution in [2.24, 2.45) is 0 Å². The molecular formula is C21H23F6N. The van der Waals surface area contributed by atoms with Crippen LogP contribution in [0.15, 0.2) is 58.5 Å². The molecule has 1 aliphatic carbocycles. The SMILES string of the molecule is CCCCC1(CC)CC2=C(C(F)(F)F)C=C(C(F)(F)F)CC2=C2C=CC=CN21. The van der Waals surface area contributed by atoms with Crippen molar-refractivity contribution in [3.63, 3.8) is 0 Å². The van der Waals surface area contributed by atoms with Gasteiger partial charge in [-0.05, 0) is 48.6 Å². The zero-order valence-electron chi connectivity index (χ0n) is 15.8. The molecule has 1 nitrogen and oxygen atoms in total. The minimum atomic E-state index is -4.83. The number of rotatable bonds is 4. The van der Waals surface area contributed by atoms with E-state index in [1.807, 2.05) is 18.7 Å². The third-order valence-corrected chi connectivity index (χ3v) is 5.88. The molecular weight excluding hydrogens is 380 g/mol. The Morgan fingerprint density at radius 2 is 1.71 bits per heavy atom. The van der Waals surface area contributed by atoms with Crippen LogP contribution in [-0.2, 0) is 0 Å². The van der Waals surface area contributed by atoms with Gasteiger partial charge in [-0.25, -0.2) is 0 Å². The van der Waals surface area contributed by atoms with Gasteiger partial charge in [0.25, 0.3) is 0 Å². The van der Waals surface area contributed by atoms with E-state index in [0.717, 1.165) is 12.8 Å². The first-order valence-electron chi connectivity index (χ1n) is 9.49. The van der Waals surface area contributed by atoms with E-state index in [-0.39, 0.29) is 17.6 Å². The minimum Gasteiger partial charge on any atom is -0.341 e. The number of hydrogen-bond acceptors (Lipinski definition) is 1. The largest absolute Gasteiger partial charge is 0.416 e. The lowest BCUT2D eigenvalue weighted by Gasteiger charge is -2.51. The van der Waals surface area contributed by atoms with Crippen LogP contribution in [0.3, 0.4) is 0 Å². The van der Waals surface area contributed by atoms with Crippen LogP contribution in [0.4, 0.5) is 26.3 Å². The zero-order chi connectivity index (χ0) is 20.7. The summed E-state index contributed by atoms with van der Waals surface area (Å²) < 4.78 is 81.3. The summed E-state index contributed by atoms with van der Waals surface area (Å²) in [6.07, 6.45) is 0.137. The highest BCUT2D eigenvalue weighted by Gasteiger charge is 2.49. The summed E-state index contributed by atoms with van der Waals surface area (Å²) in [4.78, 5) is 1.91. The molecule has 1 atom stereocenters. The molecule has 7 heteroatoms. The molecule has 0 amide bonds. The average Bonchev–Trinajstić information content (AvgIpc) is 2.63. The van der Waals surface area contributed by atoms with Crippen molar-refractivity contribution >= 4 is 0 Å². The summed E-state index contributed by atoms with van der Waals surface area (Å²) >= 11 is 0. The fraction of sp³-hybridized carbons (Fsp3) is 0.524. The molecule has 3 aliphatic rings. The lowest BCUT2D eigenvalue weighted by Crippen LogP contribution is -2.49. The van der Waals surface area contributed by atoms with Crippen LogP contribution in [-0.4, -0.2) is 22.8 Å². The predicted octanol–water partition coefficient (Wildman–Crippen LogP) is 7.12. The van der Waals surface area contributed by atoms with Crippen molar-refractivity contribution in [3.8, 4) is 0 Å². The van der Waals surface area contributed by atoms with Crippen molar-refractivity contribution in [1.82, 2.24) is 4.90 Å². The van der Waals surface area contributed by atoms with E-state index >= 15 is 0 Å². The summed E-state index contributed by atoms with van der Waals surface area (Å²) in [7, 11) is 0. The fourth-order valence-electron chi connectivity index (χ4n) is 4.36. The number of nitrogens with zero attached hydrogens (tertiary/aromatic N) is 1. The Bertz CT molecular complexity index is 791. The molecule has 0 aromatic rings. The van der Waals surface area contributed by atoms with E-state index in [4.69, 9.17) is 0 Å². The van der Waals surface area contributed by atoms with Gasteiger partial charge in [0, 0.05) is 29.4 Å². The third kappa shape index (κ3) is 3.55. The highest BCUT2D eigenvalue weighted by atomic mass is 19.4. The molecule has 154 valence electrons. The van der Waals surface area contributed by atoms with Crippen molar-refractivity contribution in [2.45, 2.75) is 70.3 Å². The Kier molecular flexibility index (Phi) is 5.32. The second kappa shape index (κ2) is 7.16. The second-order valence-electron chi connectivity index (χ2n) is 7.53. The van der Waals surface area contributed by atoms with E-state index in [9.17, 15) is 26.3 Å². The van der Waals surface area contributed by atoms with Crippen LogP contribution >= 0.6 is 0 Å². The lowest BCUT2D eigenvalue weighted by molar-refractivity contribution is -0.0984. The maximum absolute atomic E-state index is 13.8. The Hall–Kier alpha value is -1.92. The molecule has 0 spiro atoms. The van der Waals surface area contributed by atoms with Crippen LogP contribution in [0.1, 0.15) is 52.4 Å². The van der Waals surface area contributed by atoms with Crippen molar-refractivity contribution < 1.29 is 26.3 Å². The highest BCUT2D eigenvalue weighted by molar-refractivity contribution is 5.58. The van der Waals surface area contributed by atoms with Crippen molar-refractivity contribution in [2.75, 3.05) is 0 Å². The van der Waals surface area contributed by atoms with Crippen molar-refractivity contribution in [1.29, 1.82) is 0 Å². The van der Waals surface area contributed by atoms with Gasteiger partial charge < -0.3 is 4.90 Å². The van der Waals surface area contributed by atoms with E-state index in [0.29, 0.717) is 24.6 Å². The van der Waals surface area contributed by atoms with Gasteiger partial charge in [0.2, 0.25) is 0 Å². The zero-order valence-corrected chi connectivity index (χ0v) is 15.8. The van der Waals surface area contributed by atoms with E-state index in [1.54, 1.807) is 24.4 Å². The van der Waals surface area contributed by atoms with E-state index in [2.05, 4.69) is 0 Å². The monoisotopic (exact) mass is 403 g/mol. The van der Waals surface area contributed by atoms with Crippen LogP contribution in [0.25, 0.3) is 0 Å². The topological polar surface area (TPSA) is 3.24 Å². The minimum absolute atomic E-state index is 0.0182. The predicted molar refractivity (Wildman–Crippen MR) is 96.1 cm³/mol. The van der Waals surface area contributed by atoms with Crippen LogP contribution in [0, 0.1) is 0 Å². The molecule has 0 N–H and O–H groups in total. The molecule has 2 heterocycles. The molecule has 2 aliphatic heterocycles. The summed E-state index contributed by atoms with van der Waals surface area (Å²) in [5.74, 6) is 0. The summed E-state index contributed by atoms with van der Waals surface area (Å²) in [6, 6.07) is 0. The van der Waals surface area contributed by atoms with Crippen LogP contribution in [0.5, 0.6) is 0 Å². The van der Waals surface area contributed by atoms with Gasteiger partial charge in [-0.2, -0.15) is 26.3 Å². The fourth-order valence-corrected chi connectivity index (χ4v) is 4.36. The summed E-state index contributed by atoms with van der Waals surface area (Å²) in [6.45, 7) is 3.94. The van der Waals surface area contributed by atoms with Crippen LogP contribution in [0.2, 0.25) is 0 Å². The number of alkyl halides is 6. The lowest BCUT2D eigenvalue weighted by atomic mass is 9.71. The van der Waals surface area contributed by atoms with Crippen LogP contribution < -0.4 is 0 Å². The van der Waals surface area contributed by atoms with Gasteiger partial charge in [0.15, 0.2) is 0 Å². The van der Waals surface area contributed by atoms with Gasteiger partial charge in [0.05, 0.1) is 5.57 Å². The molecule has 0 fully saturated rings. The number of fused-ring (bicyclic) bond motifs is 2. The summed E-state index contributed by atoms with van der Waals surface area (Å²) in [5, 5.41) is 0. The summed E-state index contributed by atoms with van der Waals surface area (Å²) in [5.41, 5.74) is -2.24. The smallest absolute Gasteiger partial charge is 0.341 e. The number of allylic oxidation sites excluding steroid dienone is 7. The molecule has 0 bridgehead atoms. The van der Waals surface area contributed by atoms with Gasteiger partial charge in [-0.1, -0.05) is 32.8 Å².